The fourth-order valence-electron chi connectivity index (χ4n) is 1.94. The van der Waals surface area contributed by atoms with Crippen LogP contribution in [-0.2, 0) is 16.1 Å². The number of hydrogen-bond acceptors (Lipinski definition) is 3. The van der Waals surface area contributed by atoms with Crippen molar-refractivity contribution in [3.8, 4) is 0 Å². The quantitative estimate of drug-likeness (QED) is 0.561. The maximum Gasteiger partial charge on any atom is 0.397 e. The van der Waals surface area contributed by atoms with E-state index >= 15 is 0 Å². The van der Waals surface area contributed by atoms with Crippen LogP contribution in [-0.4, -0.2) is 37.7 Å². The third-order valence-electron chi connectivity index (χ3n) is 3.15. The van der Waals surface area contributed by atoms with Crippen LogP contribution < -0.4 is 0 Å². The molecular weight excluding hydrogens is 297 g/mol. The number of aliphatic hydroxyl groups excluding tert-OH is 1. The first kappa shape index (κ1) is 18.7. The second kappa shape index (κ2) is 9.61. The van der Waals surface area contributed by atoms with Gasteiger partial charge in [0.1, 0.15) is 5.92 Å². The lowest BCUT2D eigenvalue weighted by Crippen LogP contribution is -2.36. The topological polar surface area (TPSA) is 38.7 Å². The summed E-state index contributed by atoms with van der Waals surface area (Å²) in [4.78, 5) is 0. The van der Waals surface area contributed by atoms with Crippen LogP contribution in [0.4, 0.5) is 13.2 Å². The van der Waals surface area contributed by atoms with Crippen molar-refractivity contribution in [1.82, 2.24) is 0 Å². The molecule has 1 aromatic carbocycles. The molecule has 3 nitrogen and oxygen atoms in total. The molecule has 0 bridgehead atoms. The molecule has 0 aliphatic rings. The van der Waals surface area contributed by atoms with Gasteiger partial charge in [0.05, 0.1) is 25.9 Å². The standard InChI is InChI=1S/C16H21F3O3/c1-21-15(11-20)14(16(17,18)19)9-5-6-10-22-12-13-7-3-2-4-8-13/h2-5,7-9,14-15,20H,6,10-12H2,1H3/b9-5+/t14-,15-/m1/s1. The molecule has 0 aliphatic carbocycles. The molecule has 1 rings (SSSR count). The Morgan fingerprint density at radius 2 is 1.91 bits per heavy atom. The molecule has 0 heterocycles. The summed E-state index contributed by atoms with van der Waals surface area (Å²) >= 11 is 0. The summed E-state index contributed by atoms with van der Waals surface area (Å²) in [6.07, 6.45) is -2.95. The zero-order valence-electron chi connectivity index (χ0n) is 12.4. The normalized spacial score (nSPS) is 15.1. The molecule has 1 aromatic rings. The molecular formula is C16H21F3O3. The molecule has 0 saturated carbocycles. The first-order valence-corrected chi connectivity index (χ1v) is 6.97. The van der Waals surface area contributed by atoms with Gasteiger partial charge in [-0.2, -0.15) is 13.2 Å². The number of alkyl halides is 3. The SMILES string of the molecule is CO[C@H](CO)[C@@H](/C=C/CCOCc1ccccc1)C(F)(F)F. The van der Waals surface area contributed by atoms with Crippen molar-refractivity contribution < 1.29 is 27.8 Å². The maximum absolute atomic E-state index is 12.9. The van der Waals surface area contributed by atoms with Gasteiger partial charge in [-0.1, -0.05) is 42.5 Å². The predicted molar refractivity (Wildman–Crippen MR) is 77.3 cm³/mol. The van der Waals surface area contributed by atoms with Crippen molar-refractivity contribution in [1.29, 1.82) is 0 Å². The van der Waals surface area contributed by atoms with Gasteiger partial charge in [-0.15, -0.1) is 0 Å². The van der Waals surface area contributed by atoms with E-state index in [0.717, 1.165) is 18.7 Å². The third kappa shape index (κ3) is 6.60. The van der Waals surface area contributed by atoms with Gasteiger partial charge in [-0.05, 0) is 12.0 Å². The smallest absolute Gasteiger partial charge is 0.394 e. The Morgan fingerprint density at radius 3 is 2.45 bits per heavy atom. The van der Waals surface area contributed by atoms with E-state index in [9.17, 15) is 13.2 Å². The zero-order chi connectivity index (χ0) is 16.4. The molecule has 0 saturated heterocycles. The average Bonchev–Trinajstić information content (AvgIpc) is 2.49. The van der Waals surface area contributed by atoms with Gasteiger partial charge in [-0.3, -0.25) is 0 Å². The summed E-state index contributed by atoms with van der Waals surface area (Å²) in [5, 5.41) is 8.94. The Labute approximate surface area is 128 Å². The van der Waals surface area contributed by atoms with Crippen molar-refractivity contribution in [2.24, 2.45) is 5.92 Å². The minimum Gasteiger partial charge on any atom is -0.394 e. The minimum atomic E-state index is -4.45. The zero-order valence-corrected chi connectivity index (χ0v) is 12.4. The number of hydrogen-bond donors (Lipinski definition) is 1. The summed E-state index contributed by atoms with van der Waals surface area (Å²) in [6, 6.07) is 9.52. The lowest BCUT2D eigenvalue weighted by molar-refractivity contribution is -0.193. The molecule has 0 aliphatic heterocycles. The van der Waals surface area contributed by atoms with Crippen LogP contribution in [0.1, 0.15) is 12.0 Å². The first-order valence-electron chi connectivity index (χ1n) is 6.97. The number of methoxy groups -OCH3 is 1. The summed E-state index contributed by atoms with van der Waals surface area (Å²) in [7, 11) is 1.15. The number of benzene rings is 1. The Balaban J connectivity index is 2.38. The maximum atomic E-state index is 12.9. The highest BCUT2D eigenvalue weighted by atomic mass is 19.4. The summed E-state index contributed by atoms with van der Waals surface area (Å²) < 4.78 is 48.7. The molecule has 6 heteroatoms. The van der Waals surface area contributed by atoms with E-state index in [1.807, 2.05) is 30.3 Å². The second-order valence-corrected chi connectivity index (χ2v) is 4.78. The van der Waals surface area contributed by atoms with E-state index in [1.54, 1.807) is 0 Å². The van der Waals surface area contributed by atoms with E-state index in [1.165, 1.54) is 6.08 Å². The largest absolute Gasteiger partial charge is 0.397 e. The number of aliphatic hydroxyl groups is 1. The number of rotatable bonds is 9. The van der Waals surface area contributed by atoms with Crippen LogP contribution in [0.25, 0.3) is 0 Å². The van der Waals surface area contributed by atoms with Gasteiger partial charge in [0, 0.05) is 7.11 Å². The molecule has 0 aromatic heterocycles. The van der Waals surface area contributed by atoms with Gasteiger partial charge in [-0.25, -0.2) is 0 Å². The van der Waals surface area contributed by atoms with Crippen LogP contribution in [0.2, 0.25) is 0 Å². The van der Waals surface area contributed by atoms with E-state index in [-0.39, 0.29) is 0 Å². The third-order valence-corrected chi connectivity index (χ3v) is 3.15. The minimum absolute atomic E-state index is 0.326. The summed E-state index contributed by atoms with van der Waals surface area (Å²) in [5.74, 6) is -1.82. The first-order chi connectivity index (χ1) is 10.5. The number of ether oxygens (including phenoxy) is 2. The predicted octanol–water partition coefficient (Wildman–Crippen LogP) is 3.34. The lowest BCUT2D eigenvalue weighted by Gasteiger charge is -2.23. The van der Waals surface area contributed by atoms with Crippen molar-refractivity contribution in [3.05, 3.63) is 48.0 Å². The Morgan fingerprint density at radius 1 is 1.23 bits per heavy atom. The van der Waals surface area contributed by atoms with E-state index in [0.29, 0.717) is 19.6 Å². The highest BCUT2D eigenvalue weighted by Gasteiger charge is 2.42. The summed E-state index contributed by atoms with van der Waals surface area (Å²) in [5.41, 5.74) is 1.01. The van der Waals surface area contributed by atoms with Gasteiger partial charge in [0.15, 0.2) is 0 Å². The number of halogens is 3. The van der Waals surface area contributed by atoms with E-state index in [2.05, 4.69) is 4.74 Å². The molecule has 124 valence electrons. The van der Waals surface area contributed by atoms with Crippen molar-refractivity contribution in [2.75, 3.05) is 20.3 Å². The highest BCUT2D eigenvalue weighted by molar-refractivity contribution is 5.13. The molecule has 2 atom stereocenters. The Hall–Kier alpha value is -1.37. The summed E-state index contributed by atoms with van der Waals surface area (Å²) in [6.45, 7) is 0.0665. The van der Waals surface area contributed by atoms with Gasteiger partial charge in [0.2, 0.25) is 0 Å². The fraction of sp³-hybridized carbons (Fsp3) is 0.500. The van der Waals surface area contributed by atoms with Crippen molar-refractivity contribution in [3.63, 3.8) is 0 Å². The molecule has 22 heavy (non-hydrogen) atoms. The molecule has 0 unspecified atom stereocenters. The van der Waals surface area contributed by atoms with E-state index in [4.69, 9.17) is 9.84 Å². The van der Waals surface area contributed by atoms with Crippen LogP contribution in [0.5, 0.6) is 0 Å². The van der Waals surface area contributed by atoms with Crippen LogP contribution in [0.3, 0.4) is 0 Å². The monoisotopic (exact) mass is 318 g/mol. The van der Waals surface area contributed by atoms with E-state index < -0.39 is 24.8 Å². The van der Waals surface area contributed by atoms with Crippen molar-refractivity contribution >= 4 is 0 Å². The molecule has 1 N–H and O–H groups in total. The molecule has 0 spiro atoms. The Kier molecular flexibility index (Phi) is 8.16. The van der Waals surface area contributed by atoms with Gasteiger partial charge < -0.3 is 14.6 Å². The highest BCUT2D eigenvalue weighted by Crippen LogP contribution is 2.31. The van der Waals surface area contributed by atoms with Crippen LogP contribution >= 0.6 is 0 Å². The Bertz CT molecular complexity index is 428. The average molecular weight is 318 g/mol. The van der Waals surface area contributed by atoms with Crippen molar-refractivity contribution in [2.45, 2.75) is 25.3 Å². The van der Waals surface area contributed by atoms with Gasteiger partial charge in [0.25, 0.3) is 0 Å². The molecule has 0 amide bonds. The van der Waals surface area contributed by atoms with Crippen LogP contribution in [0, 0.1) is 5.92 Å². The van der Waals surface area contributed by atoms with Gasteiger partial charge >= 0.3 is 6.18 Å². The molecule has 0 radical (unpaired) electrons. The van der Waals surface area contributed by atoms with Crippen LogP contribution in [0.15, 0.2) is 42.5 Å². The fourth-order valence-corrected chi connectivity index (χ4v) is 1.94. The molecule has 0 fully saturated rings. The lowest BCUT2D eigenvalue weighted by atomic mass is 10.0. The second-order valence-electron chi connectivity index (χ2n) is 4.78.